The summed E-state index contributed by atoms with van der Waals surface area (Å²) < 4.78 is 1.18. The van der Waals surface area contributed by atoms with Gasteiger partial charge in [0.1, 0.15) is 32.5 Å². The number of phenolic OH excluding ortho intramolecular Hbond substituents is 2. The van der Waals surface area contributed by atoms with Gasteiger partial charge < -0.3 is 15.2 Å². The third-order valence-electron chi connectivity index (χ3n) is 5.00. The van der Waals surface area contributed by atoms with Crippen molar-refractivity contribution in [2.75, 3.05) is 0 Å². The van der Waals surface area contributed by atoms with Gasteiger partial charge >= 0.3 is 0 Å². The molecule has 168 valence electrons. The summed E-state index contributed by atoms with van der Waals surface area (Å²) in [6.07, 6.45) is 0. The lowest BCUT2D eigenvalue weighted by Gasteiger charge is -2.13. The molecule has 0 unspecified atom stereocenters. The van der Waals surface area contributed by atoms with E-state index >= 15 is 0 Å². The van der Waals surface area contributed by atoms with Crippen LogP contribution in [0.2, 0.25) is 20.4 Å². The van der Waals surface area contributed by atoms with E-state index in [9.17, 15) is 19.8 Å². The van der Waals surface area contributed by atoms with Crippen LogP contribution in [0.4, 0.5) is 0 Å². The number of aryl methyl sites for hydroxylation is 1. The fourth-order valence-electron chi connectivity index (χ4n) is 3.43. The highest BCUT2D eigenvalue weighted by atomic mass is 35.5. The van der Waals surface area contributed by atoms with Crippen molar-refractivity contribution in [3.05, 3.63) is 97.0 Å². The number of aromatic hydroxyl groups is 2. The van der Waals surface area contributed by atoms with Crippen molar-refractivity contribution in [3.63, 3.8) is 0 Å². The average molecular weight is 524 g/mol. The molecular weight excluding hydrogens is 510 g/mol. The Balaban J connectivity index is 1.95. The van der Waals surface area contributed by atoms with Gasteiger partial charge in [-0.2, -0.15) is 0 Å². The van der Waals surface area contributed by atoms with Crippen LogP contribution >= 0.6 is 46.4 Å². The van der Waals surface area contributed by atoms with Crippen LogP contribution in [0.5, 0.6) is 11.5 Å². The minimum atomic E-state index is -0.644. The average Bonchev–Trinajstić information content (AvgIpc) is 3.22. The maximum Gasteiger partial charge on any atom is 0.215 e. The van der Waals surface area contributed by atoms with Crippen molar-refractivity contribution < 1.29 is 19.8 Å². The molecule has 0 bridgehead atoms. The fraction of sp³-hybridized carbons (Fsp3) is 0.0435. The summed E-state index contributed by atoms with van der Waals surface area (Å²) in [5.41, 5.74) is 0.523. The van der Waals surface area contributed by atoms with E-state index in [0.717, 1.165) is 5.56 Å². The van der Waals surface area contributed by atoms with Gasteiger partial charge in [0.25, 0.3) is 0 Å². The van der Waals surface area contributed by atoms with Gasteiger partial charge in [0.2, 0.25) is 11.6 Å². The Morgan fingerprint density at radius 3 is 2.21 bits per heavy atom. The zero-order chi connectivity index (χ0) is 24.0. The van der Waals surface area contributed by atoms with Crippen LogP contribution in [0.15, 0.2) is 48.5 Å². The van der Waals surface area contributed by atoms with Gasteiger partial charge in [-0.1, -0.05) is 64.6 Å². The number of aromatic amines is 1. The van der Waals surface area contributed by atoms with Crippen molar-refractivity contribution >= 4 is 58.0 Å². The van der Waals surface area contributed by atoms with E-state index in [2.05, 4.69) is 4.98 Å². The zero-order valence-electron chi connectivity index (χ0n) is 16.8. The molecule has 0 aliphatic carbocycles. The molecule has 0 radical (unpaired) electrons. The number of H-pyrrole nitrogens is 1. The van der Waals surface area contributed by atoms with E-state index in [1.165, 1.54) is 34.9 Å². The minimum Gasteiger partial charge on any atom is -0.507 e. The number of phenols is 2. The zero-order valence-corrected chi connectivity index (χ0v) is 19.8. The Labute approximate surface area is 207 Å². The van der Waals surface area contributed by atoms with Crippen LogP contribution in [0, 0.1) is 6.92 Å². The van der Waals surface area contributed by atoms with Gasteiger partial charge in [-0.15, -0.1) is 0 Å². The Bertz CT molecular complexity index is 1440. The number of ketones is 2. The van der Waals surface area contributed by atoms with Crippen molar-refractivity contribution in [1.29, 1.82) is 0 Å². The molecule has 6 nitrogen and oxygen atoms in total. The molecule has 0 aliphatic rings. The lowest BCUT2D eigenvalue weighted by atomic mass is 10.0. The molecule has 3 N–H and O–H groups in total. The fourth-order valence-corrected chi connectivity index (χ4v) is 4.25. The van der Waals surface area contributed by atoms with Crippen LogP contribution in [0.3, 0.4) is 0 Å². The van der Waals surface area contributed by atoms with Crippen LogP contribution < -0.4 is 0 Å². The topological polar surface area (TPSA) is 95.3 Å². The van der Waals surface area contributed by atoms with Gasteiger partial charge in [0, 0.05) is 0 Å². The van der Waals surface area contributed by atoms with Crippen molar-refractivity contribution in [2.45, 2.75) is 6.92 Å². The van der Waals surface area contributed by atoms with E-state index in [0.29, 0.717) is 0 Å². The molecule has 0 fully saturated rings. The predicted octanol–water partition coefficient (Wildman–Crippen LogP) is 6.60. The standard InChI is InChI=1S/C23H14Cl4N2O4/c1-10-6-7-12(16(31)8-10)20(32)14-9-13(24)23(27)29(14)19-17(25)22(26)28-18(19)21(33)11-4-2-3-5-15(11)30/h2-9,28,30-31H,1H3. The number of benzene rings is 2. The molecule has 0 aliphatic heterocycles. The van der Waals surface area contributed by atoms with Crippen LogP contribution in [-0.2, 0) is 0 Å². The number of nitrogens with zero attached hydrogens (tertiary/aromatic N) is 1. The summed E-state index contributed by atoms with van der Waals surface area (Å²) in [4.78, 5) is 29.3. The molecular formula is C23H14Cl4N2O4. The molecule has 4 aromatic rings. The molecule has 0 saturated carbocycles. The number of aromatic nitrogens is 2. The number of hydrogen-bond acceptors (Lipinski definition) is 4. The number of carbonyl (C=O) groups excluding carboxylic acids is 2. The second kappa shape index (κ2) is 8.80. The highest BCUT2D eigenvalue weighted by Crippen LogP contribution is 2.40. The summed E-state index contributed by atoms with van der Waals surface area (Å²) in [6, 6.07) is 11.8. The van der Waals surface area contributed by atoms with Gasteiger partial charge in [0.15, 0.2) is 0 Å². The van der Waals surface area contributed by atoms with Crippen molar-refractivity contribution in [2.24, 2.45) is 0 Å². The number of para-hydroxylation sites is 1. The molecule has 4 rings (SSSR count). The third-order valence-corrected chi connectivity index (χ3v) is 6.51. The Morgan fingerprint density at radius 1 is 0.879 bits per heavy atom. The first-order valence-corrected chi connectivity index (χ1v) is 10.9. The molecule has 2 heterocycles. The number of carbonyl (C=O) groups is 2. The molecule has 0 amide bonds. The van der Waals surface area contributed by atoms with E-state index in [1.807, 2.05) is 0 Å². The largest absolute Gasteiger partial charge is 0.507 e. The summed E-state index contributed by atoms with van der Waals surface area (Å²) in [5, 5.41) is 20.2. The normalized spacial score (nSPS) is 11.1. The first-order valence-electron chi connectivity index (χ1n) is 9.42. The molecule has 33 heavy (non-hydrogen) atoms. The van der Waals surface area contributed by atoms with E-state index < -0.39 is 11.6 Å². The van der Waals surface area contributed by atoms with Gasteiger partial charge in [0.05, 0.1) is 27.5 Å². The van der Waals surface area contributed by atoms with Crippen LogP contribution in [0.1, 0.15) is 37.7 Å². The molecule has 0 saturated heterocycles. The number of halogens is 4. The van der Waals surface area contributed by atoms with Crippen molar-refractivity contribution in [1.82, 2.24) is 9.55 Å². The molecule has 2 aromatic carbocycles. The molecule has 0 spiro atoms. The Morgan fingerprint density at radius 2 is 1.55 bits per heavy atom. The van der Waals surface area contributed by atoms with Crippen LogP contribution in [0.25, 0.3) is 5.69 Å². The number of rotatable bonds is 5. The van der Waals surface area contributed by atoms with Gasteiger partial charge in [-0.3, -0.25) is 14.2 Å². The lowest BCUT2D eigenvalue weighted by molar-refractivity contribution is 0.101. The monoisotopic (exact) mass is 522 g/mol. The predicted molar refractivity (Wildman–Crippen MR) is 128 cm³/mol. The Kier molecular flexibility index (Phi) is 6.20. The summed E-state index contributed by atoms with van der Waals surface area (Å²) in [6.45, 7) is 1.77. The van der Waals surface area contributed by atoms with E-state index in [1.54, 1.807) is 25.1 Å². The SMILES string of the molecule is Cc1ccc(C(=O)c2cc(Cl)c(Cl)n2-c2c(C(=O)c3ccccc3O)[nH]c(Cl)c2Cl)c(O)c1. The van der Waals surface area contributed by atoms with Gasteiger partial charge in [-0.25, -0.2) is 0 Å². The second-order valence-electron chi connectivity index (χ2n) is 7.18. The second-order valence-corrected chi connectivity index (χ2v) is 8.70. The maximum absolute atomic E-state index is 13.4. The first kappa shape index (κ1) is 23.3. The Hall–Kier alpha value is -2.90. The summed E-state index contributed by atoms with van der Waals surface area (Å²) in [5.74, 6) is -1.75. The number of nitrogens with one attached hydrogen (secondary N) is 1. The highest BCUT2D eigenvalue weighted by Gasteiger charge is 2.30. The molecule has 10 heteroatoms. The minimum absolute atomic E-state index is 0.000909. The summed E-state index contributed by atoms with van der Waals surface area (Å²) in [7, 11) is 0. The molecule has 2 aromatic heterocycles. The first-order chi connectivity index (χ1) is 15.6. The van der Waals surface area contributed by atoms with E-state index in [-0.39, 0.29) is 60.1 Å². The maximum atomic E-state index is 13.4. The smallest absolute Gasteiger partial charge is 0.215 e. The lowest BCUT2D eigenvalue weighted by Crippen LogP contribution is -2.13. The number of hydrogen-bond donors (Lipinski definition) is 3. The highest BCUT2D eigenvalue weighted by molar-refractivity contribution is 6.45. The van der Waals surface area contributed by atoms with Crippen molar-refractivity contribution in [3.8, 4) is 17.2 Å². The summed E-state index contributed by atoms with van der Waals surface area (Å²) >= 11 is 25.3. The molecule has 0 atom stereocenters. The van der Waals surface area contributed by atoms with Gasteiger partial charge in [-0.05, 0) is 42.8 Å². The van der Waals surface area contributed by atoms with E-state index in [4.69, 9.17) is 46.4 Å². The van der Waals surface area contributed by atoms with Crippen LogP contribution in [-0.4, -0.2) is 31.3 Å². The third kappa shape index (κ3) is 4.00. The quantitative estimate of drug-likeness (QED) is 0.257.